The minimum absolute atomic E-state index is 0.117. The third-order valence-corrected chi connectivity index (χ3v) is 4.15. The SMILES string of the molecule is CCCCOC(=O)Nc1nc(N(C)C(=O)OCCCC)nc(N(C)C(=O)OCCCC)n1. The van der Waals surface area contributed by atoms with E-state index in [9.17, 15) is 14.4 Å². The van der Waals surface area contributed by atoms with E-state index in [1.54, 1.807) is 0 Å². The molecule has 1 rings (SSSR count). The van der Waals surface area contributed by atoms with Gasteiger partial charge in [0.2, 0.25) is 17.8 Å². The van der Waals surface area contributed by atoms with Crippen molar-refractivity contribution in [3.8, 4) is 0 Å². The Labute approximate surface area is 188 Å². The summed E-state index contributed by atoms with van der Waals surface area (Å²) in [6.07, 6.45) is 2.61. The van der Waals surface area contributed by atoms with Crippen LogP contribution in [0, 0.1) is 0 Å². The lowest BCUT2D eigenvalue weighted by molar-refractivity contribution is 0.152. The van der Waals surface area contributed by atoms with Gasteiger partial charge in [-0.15, -0.1) is 0 Å². The van der Waals surface area contributed by atoms with E-state index >= 15 is 0 Å². The smallest absolute Gasteiger partial charge is 0.416 e. The second-order valence-electron chi connectivity index (χ2n) is 6.93. The first kappa shape index (κ1) is 26.9. The predicted octanol–water partition coefficient (Wildman–Crippen LogP) is 3.97. The molecule has 1 aromatic heterocycles. The lowest BCUT2D eigenvalue weighted by Crippen LogP contribution is -2.33. The third kappa shape index (κ3) is 9.31. The molecule has 12 heteroatoms. The number of hydrogen-bond acceptors (Lipinski definition) is 9. The van der Waals surface area contributed by atoms with Crippen molar-refractivity contribution in [1.29, 1.82) is 0 Å². The van der Waals surface area contributed by atoms with Crippen LogP contribution in [-0.4, -0.2) is 67.1 Å². The van der Waals surface area contributed by atoms with Gasteiger partial charge in [0.05, 0.1) is 19.8 Å². The van der Waals surface area contributed by atoms with Gasteiger partial charge in [-0.25, -0.2) is 24.2 Å². The van der Waals surface area contributed by atoms with Gasteiger partial charge in [0, 0.05) is 14.1 Å². The molecular weight excluding hydrogens is 420 g/mol. The van der Waals surface area contributed by atoms with Gasteiger partial charge in [0.1, 0.15) is 0 Å². The Morgan fingerprint density at radius 1 is 0.719 bits per heavy atom. The molecule has 1 aromatic rings. The Bertz CT molecular complexity index is 701. The quantitative estimate of drug-likeness (QED) is 0.367. The molecule has 0 aromatic carbocycles. The minimum atomic E-state index is -0.761. The van der Waals surface area contributed by atoms with Crippen LogP contribution in [0.3, 0.4) is 0 Å². The fraction of sp³-hybridized carbons (Fsp3) is 0.700. The van der Waals surface area contributed by atoms with Crippen LogP contribution < -0.4 is 15.1 Å². The molecule has 0 saturated carbocycles. The summed E-state index contributed by atoms with van der Waals surface area (Å²) < 4.78 is 15.4. The van der Waals surface area contributed by atoms with Gasteiger partial charge in [-0.3, -0.25) is 5.32 Å². The zero-order valence-electron chi connectivity index (χ0n) is 19.5. The van der Waals surface area contributed by atoms with Crippen LogP contribution in [0.4, 0.5) is 32.2 Å². The highest BCUT2D eigenvalue weighted by molar-refractivity contribution is 5.88. The highest BCUT2D eigenvalue weighted by atomic mass is 16.6. The van der Waals surface area contributed by atoms with Crippen LogP contribution in [0.15, 0.2) is 0 Å². The van der Waals surface area contributed by atoms with Crippen molar-refractivity contribution in [1.82, 2.24) is 15.0 Å². The topological polar surface area (TPSA) is 136 Å². The number of anilines is 3. The molecule has 180 valence electrons. The van der Waals surface area contributed by atoms with Gasteiger partial charge < -0.3 is 14.2 Å². The standard InChI is InChI=1S/C20H34N6O6/c1-6-9-12-30-18(27)23-15-21-16(25(4)19(28)31-13-10-7-2)24-17(22-15)26(5)20(29)32-14-11-8-3/h6-14H2,1-5H3,(H,21,22,23,24,27). The van der Waals surface area contributed by atoms with Crippen molar-refractivity contribution in [2.24, 2.45) is 0 Å². The molecule has 32 heavy (non-hydrogen) atoms. The molecule has 0 aliphatic carbocycles. The van der Waals surface area contributed by atoms with Crippen LogP contribution in [0.2, 0.25) is 0 Å². The number of amides is 3. The second kappa shape index (κ2) is 14.8. The number of carbonyl (C=O) groups excluding carboxylic acids is 3. The van der Waals surface area contributed by atoms with Crippen molar-refractivity contribution < 1.29 is 28.6 Å². The number of ether oxygens (including phenoxy) is 3. The summed E-state index contributed by atoms with van der Waals surface area (Å²) in [4.78, 5) is 51.1. The van der Waals surface area contributed by atoms with E-state index in [1.807, 2.05) is 20.8 Å². The number of rotatable bonds is 12. The van der Waals surface area contributed by atoms with Gasteiger partial charge in [-0.05, 0) is 19.3 Å². The van der Waals surface area contributed by atoms with E-state index in [0.29, 0.717) is 19.3 Å². The Balaban J connectivity index is 3.08. The average molecular weight is 455 g/mol. The first-order valence-corrected chi connectivity index (χ1v) is 10.8. The zero-order valence-corrected chi connectivity index (χ0v) is 19.5. The van der Waals surface area contributed by atoms with Crippen molar-refractivity contribution in [2.75, 3.05) is 49.0 Å². The molecule has 0 fully saturated rings. The Hall–Kier alpha value is -3.18. The third-order valence-electron chi connectivity index (χ3n) is 4.15. The number of hydrogen-bond donors (Lipinski definition) is 1. The monoisotopic (exact) mass is 454 g/mol. The lowest BCUT2D eigenvalue weighted by atomic mass is 10.4. The molecule has 3 amide bonds. The van der Waals surface area contributed by atoms with Crippen molar-refractivity contribution in [3.05, 3.63) is 0 Å². The Morgan fingerprint density at radius 2 is 1.12 bits per heavy atom. The summed E-state index contributed by atoms with van der Waals surface area (Å²) in [5, 5.41) is 2.39. The van der Waals surface area contributed by atoms with Gasteiger partial charge in [-0.2, -0.15) is 15.0 Å². The Morgan fingerprint density at radius 3 is 1.53 bits per heavy atom. The number of carbonyl (C=O) groups is 3. The fourth-order valence-electron chi connectivity index (χ4n) is 2.11. The van der Waals surface area contributed by atoms with E-state index in [0.717, 1.165) is 29.1 Å². The normalized spacial score (nSPS) is 10.3. The summed E-state index contributed by atoms with van der Waals surface area (Å²) in [7, 11) is 2.83. The maximum Gasteiger partial charge on any atom is 0.416 e. The molecule has 0 radical (unpaired) electrons. The average Bonchev–Trinajstić information content (AvgIpc) is 2.78. The van der Waals surface area contributed by atoms with Crippen LogP contribution in [0.1, 0.15) is 59.3 Å². The maximum atomic E-state index is 12.3. The molecule has 0 spiro atoms. The van der Waals surface area contributed by atoms with E-state index in [4.69, 9.17) is 14.2 Å². The van der Waals surface area contributed by atoms with Gasteiger partial charge in [-0.1, -0.05) is 40.0 Å². The number of nitrogens with zero attached hydrogens (tertiary/aromatic N) is 5. The maximum absolute atomic E-state index is 12.3. The number of nitrogens with one attached hydrogen (secondary N) is 1. The number of unbranched alkanes of at least 4 members (excludes halogenated alkanes) is 3. The lowest BCUT2D eigenvalue weighted by Gasteiger charge is -2.19. The summed E-state index contributed by atoms with van der Waals surface area (Å²) in [5.74, 6) is -0.421. The van der Waals surface area contributed by atoms with E-state index < -0.39 is 18.3 Å². The molecule has 0 atom stereocenters. The molecule has 12 nitrogen and oxygen atoms in total. The first-order valence-electron chi connectivity index (χ1n) is 10.8. The largest absolute Gasteiger partial charge is 0.449 e. The van der Waals surface area contributed by atoms with Gasteiger partial charge >= 0.3 is 18.3 Å². The molecule has 0 aliphatic heterocycles. The van der Waals surface area contributed by atoms with Crippen molar-refractivity contribution in [3.63, 3.8) is 0 Å². The van der Waals surface area contributed by atoms with Crippen LogP contribution in [0.5, 0.6) is 0 Å². The van der Waals surface area contributed by atoms with E-state index in [-0.39, 0.29) is 37.7 Å². The Kier molecular flexibility index (Phi) is 12.4. The minimum Gasteiger partial charge on any atom is -0.449 e. The summed E-state index contributed by atoms with van der Waals surface area (Å²) in [6.45, 7) is 6.65. The molecular formula is C20H34N6O6. The van der Waals surface area contributed by atoms with E-state index in [2.05, 4.69) is 20.3 Å². The fourth-order valence-corrected chi connectivity index (χ4v) is 2.11. The van der Waals surface area contributed by atoms with Gasteiger partial charge in [0.25, 0.3) is 0 Å². The molecule has 0 bridgehead atoms. The summed E-state index contributed by atoms with van der Waals surface area (Å²) in [6, 6.07) is 0. The summed E-state index contributed by atoms with van der Waals surface area (Å²) >= 11 is 0. The molecule has 0 unspecified atom stereocenters. The van der Waals surface area contributed by atoms with Crippen LogP contribution >= 0.6 is 0 Å². The molecule has 1 heterocycles. The highest BCUT2D eigenvalue weighted by Gasteiger charge is 2.23. The first-order chi connectivity index (χ1) is 15.3. The number of aromatic nitrogens is 3. The van der Waals surface area contributed by atoms with Gasteiger partial charge in [0.15, 0.2) is 0 Å². The molecule has 0 saturated heterocycles. The van der Waals surface area contributed by atoms with E-state index in [1.165, 1.54) is 14.1 Å². The molecule has 0 aliphatic rings. The predicted molar refractivity (Wildman–Crippen MR) is 119 cm³/mol. The van der Waals surface area contributed by atoms with Crippen molar-refractivity contribution in [2.45, 2.75) is 59.3 Å². The highest BCUT2D eigenvalue weighted by Crippen LogP contribution is 2.17. The zero-order chi connectivity index (χ0) is 23.9. The van der Waals surface area contributed by atoms with Crippen LogP contribution in [0.25, 0.3) is 0 Å². The van der Waals surface area contributed by atoms with Crippen LogP contribution in [-0.2, 0) is 14.2 Å². The summed E-state index contributed by atoms with van der Waals surface area (Å²) in [5.41, 5.74) is 0. The second-order valence-corrected chi connectivity index (χ2v) is 6.93. The molecule has 1 N–H and O–H groups in total. The van der Waals surface area contributed by atoms with Crippen molar-refractivity contribution >= 4 is 36.1 Å².